The Morgan fingerprint density at radius 2 is 1.34 bits per heavy atom. The molecule has 1 fully saturated rings. The van der Waals surface area contributed by atoms with E-state index in [0.717, 1.165) is 41.8 Å². The lowest BCUT2D eigenvalue weighted by atomic mass is 9.71. The predicted octanol–water partition coefficient (Wildman–Crippen LogP) is 7.77. The van der Waals surface area contributed by atoms with E-state index < -0.39 is 19.0 Å². The van der Waals surface area contributed by atoms with Gasteiger partial charge in [-0.3, -0.25) is 14.2 Å². The molecule has 5 rings (SSSR count). The fourth-order valence-corrected chi connectivity index (χ4v) is 7.45. The van der Waals surface area contributed by atoms with Gasteiger partial charge in [0.15, 0.2) is 5.78 Å². The molecule has 1 aliphatic carbocycles. The van der Waals surface area contributed by atoms with Gasteiger partial charge in [-0.25, -0.2) is 0 Å². The van der Waals surface area contributed by atoms with Gasteiger partial charge in [0.1, 0.15) is 5.66 Å². The second-order valence-electron chi connectivity index (χ2n) is 12.5. The van der Waals surface area contributed by atoms with Crippen molar-refractivity contribution >= 4 is 40.8 Å². The molecule has 1 aliphatic rings. The van der Waals surface area contributed by atoms with Gasteiger partial charge in [0.25, 0.3) is 5.91 Å². The van der Waals surface area contributed by atoms with E-state index in [0.29, 0.717) is 11.3 Å². The van der Waals surface area contributed by atoms with Crippen LogP contribution in [0.25, 0.3) is 21.5 Å². The van der Waals surface area contributed by atoms with Crippen molar-refractivity contribution in [3.8, 4) is 0 Å². The number of hydrogen-bond donors (Lipinski definition) is 2. The molecule has 4 aromatic rings. The van der Waals surface area contributed by atoms with Gasteiger partial charge in [-0.05, 0) is 76.3 Å². The molecule has 0 heterocycles. The smallest absolute Gasteiger partial charge is 0.339 e. The molecule has 214 valence electrons. The van der Waals surface area contributed by atoms with Gasteiger partial charge in [0.05, 0.1) is 5.56 Å². The average molecular weight is 572 g/mol. The third kappa shape index (κ3) is 5.88. The number of amides is 1. The first-order chi connectivity index (χ1) is 19.4. The summed E-state index contributed by atoms with van der Waals surface area (Å²) >= 11 is 0. The van der Waals surface area contributed by atoms with E-state index in [9.17, 15) is 23.9 Å². The van der Waals surface area contributed by atoms with Crippen molar-refractivity contribution in [2.45, 2.75) is 58.2 Å². The molecule has 7 heteroatoms. The Kier molecular flexibility index (Phi) is 7.95. The number of fused-ring (bicyclic) bond motifs is 2. The van der Waals surface area contributed by atoms with Crippen molar-refractivity contribution in [1.29, 1.82) is 0 Å². The zero-order valence-electron chi connectivity index (χ0n) is 24.1. The van der Waals surface area contributed by atoms with E-state index in [1.165, 1.54) is 0 Å². The monoisotopic (exact) mass is 571 g/mol. The Bertz CT molecular complexity index is 1650. The molecule has 1 atom stereocenters. The van der Waals surface area contributed by atoms with E-state index in [1.54, 1.807) is 48.3 Å². The molecule has 0 saturated heterocycles. The van der Waals surface area contributed by atoms with E-state index in [-0.39, 0.29) is 34.1 Å². The molecule has 0 aromatic heterocycles. The van der Waals surface area contributed by atoms with Crippen molar-refractivity contribution in [3.05, 3.63) is 95.6 Å². The molecule has 1 amide bonds. The quantitative estimate of drug-likeness (QED) is 0.182. The number of benzene rings is 4. The minimum atomic E-state index is -4.98. The number of nitrogens with zero attached hydrogens (tertiary/aromatic N) is 1. The third-order valence-electron chi connectivity index (χ3n) is 8.87. The largest absolute Gasteiger partial charge is 0.340 e. The molecule has 1 saturated carbocycles. The summed E-state index contributed by atoms with van der Waals surface area (Å²) in [4.78, 5) is 51.2. The van der Waals surface area contributed by atoms with Crippen molar-refractivity contribution in [3.63, 3.8) is 0 Å². The van der Waals surface area contributed by atoms with E-state index in [2.05, 4.69) is 20.8 Å². The fraction of sp³-hybridized carbons (Fsp3) is 0.353. The van der Waals surface area contributed by atoms with Gasteiger partial charge in [0, 0.05) is 18.7 Å². The number of carbonyl (C=O) groups is 2. The maximum atomic E-state index is 14.3. The lowest BCUT2D eigenvalue weighted by molar-refractivity contribution is 0.0621. The summed E-state index contributed by atoms with van der Waals surface area (Å²) in [5, 5.41) is 2.88. The molecule has 0 radical (unpaired) electrons. The summed E-state index contributed by atoms with van der Waals surface area (Å²) in [7, 11) is -3.20. The number of Topliss-reactive ketones (excluding diaryl/α,β-unsaturated/α-hetero) is 1. The molecule has 41 heavy (non-hydrogen) atoms. The normalized spacial score (nSPS) is 18.8. The van der Waals surface area contributed by atoms with Gasteiger partial charge in [-0.15, -0.1) is 0 Å². The Morgan fingerprint density at radius 3 is 1.93 bits per heavy atom. The SMILES string of the molecule is CN(C(=O)c1cc2ccccc2cc1C(=O)C(c1cccc2ccccc12)P(=O)(O)O)C1CCC(C(C)(C)C)CC1. The summed E-state index contributed by atoms with van der Waals surface area (Å²) in [6.07, 6.45) is 3.80. The highest BCUT2D eigenvalue weighted by Gasteiger charge is 2.41. The Balaban J connectivity index is 1.58. The average Bonchev–Trinajstić information content (AvgIpc) is 2.94. The van der Waals surface area contributed by atoms with Crippen LogP contribution >= 0.6 is 7.60 Å². The van der Waals surface area contributed by atoms with Crippen molar-refractivity contribution in [2.24, 2.45) is 11.3 Å². The van der Waals surface area contributed by atoms with Crippen LogP contribution < -0.4 is 0 Å². The first-order valence-electron chi connectivity index (χ1n) is 14.2. The second kappa shape index (κ2) is 11.2. The van der Waals surface area contributed by atoms with E-state index >= 15 is 0 Å². The standard InChI is InChI=1S/C34H38NO5P/c1-34(2,3)25-16-18-26(19-17-25)35(4)33(37)30-21-24-12-6-5-11-23(24)20-29(30)31(36)32(41(38,39)40)28-15-9-13-22-10-7-8-14-27(22)28/h5-15,20-21,25-26,32H,16-19H2,1-4H3,(H2,38,39,40). The molecule has 6 nitrogen and oxygen atoms in total. The lowest BCUT2D eigenvalue weighted by Crippen LogP contribution is -2.41. The lowest BCUT2D eigenvalue weighted by Gasteiger charge is -2.40. The molecule has 4 aromatic carbocycles. The number of rotatable bonds is 6. The third-order valence-corrected chi connectivity index (χ3v) is 10.1. The summed E-state index contributed by atoms with van der Waals surface area (Å²) in [6, 6.07) is 23.1. The summed E-state index contributed by atoms with van der Waals surface area (Å²) in [5.41, 5.74) is -1.07. The zero-order valence-corrected chi connectivity index (χ0v) is 25.0. The highest BCUT2D eigenvalue weighted by atomic mass is 31.2. The van der Waals surface area contributed by atoms with Gasteiger partial charge in [-0.1, -0.05) is 87.5 Å². The predicted molar refractivity (Wildman–Crippen MR) is 164 cm³/mol. The number of ketones is 1. The molecular formula is C34H38NO5P. The van der Waals surface area contributed by atoms with Crippen LogP contribution in [0.3, 0.4) is 0 Å². The molecular weight excluding hydrogens is 533 g/mol. The number of carbonyl (C=O) groups excluding carboxylic acids is 2. The maximum absolute atomic E-state index is 14.3. The first-order valence-corrected chi connectivity index (χ1v) is 15.9. The molecule has 2 N–H and O–H groups in total. The molecule has 1 unspecified atom stereocenters. The van der Waals surface area contributed by atoms with Crippen LogP contribution in [0.15, 0.2) is 78.9 Å². The minimum absolute atomic E-state index is 0.0326. The van der Waals surface area contributed by atoms with Gasteiger partial charge < -0.3 is 14.7 Å². The molecule has 0 bridgehead atoms. The topological polar surface area (TPSA) is 94.9 Å². The second-order valence-corrected chi connectivity index (χ2v) is 14.2. The fourth-order valence-electron chi connectivity index (χ4n) is 6.42. The first kappa shape index (κ1) is 29.2. The summed E-state index contributed by atoms with van der Waals surface area (Å²) < 4.78 is 13.0. The molecule has 0 aliphatic heterocycles. The van der Waals surface area contributed by atoms with E-state index in [1.807, 2.05) is 42.5 Å². The van der Waals surface area contributed by atoms with Crippen LogP contribution in [0.1, 0.15) is 78.4 Å². The van der Waals surface area contributed by atoms with Gasteiger partial charge in [-0.2, -0.15) is 0 Å². The van der Waals surface area contributed by atoms with Crippen molar-refractivity contribution < 1.29 is 23.9 Å². The number of hydrogen-bond acceptors (Lipinski definition) is 3. The maximum Gasteiger partial charge on any atom is 0.340 e. The zero-order chi connectivity index (χ0) is 29.5. The summed E-state index contributed by atoms with van der Waals surface area (Å²) in [6.45, 7) is 6.77. The van der Waals surface area contributed by atoms with Crippen LogP contribution in [-0.4, -0.2) is 39.5 Å². The van der Waals surface area contributed by atoms with Crippen molar-refractivity contribution in [2.75, 3.05) is 7.05 Å². The van der Waals surface area contributed by atoms with Gasteiger partial charge in [0.2, 0.25) is 0 Å². The van der Waals surface area contributed by atoms with Crippen LogP contribution in [0.4, 0.5) is 0 Å². The highest BCUT2D eigenvalue weighted by molar-refractivity contribution is 7.53. The minimum Gasteiger partial charge on any atom is -0.339 e. The Hall–Kier alpha value is -3.31. The van der Waals surface area contributed by atoms with Crippen LogP contribution in [0, 0.1) is 11.3 Å². The summed E-state index contributed by atoms with van der Waals surface area (Å²) in [5.74, 6) is -0.473. The molecule has 0 spiro atoms. The highest BCUT2D eigenvalue weighted by Crippen LogP contribution is 2.55. The Morgan fingerprint density at radius 1 is 0.805 bits per heavy atom. The van der Waals surface area contributed by atoms with Crippen LogP contribution in [-0.2, 0) is 4.57 Å². The Labute approximate surface area is 241 Å². The van der Waals surface area contributed by atoms with Crippen LogP contribution in [0.5, 0.6) is 0 Å². The van der Waals surface area contributed by atoms with Crippen molar-refractivity contribution in [1.82, 2.24) is 4.90 Å². The van der Waals surface area contributed by atoms with E-state index in [4.69, 9.17) is 0 Å². The van der Waals surface area contributed by atoms with Gasteiger partial charge >= 0.3 is 7.60 Å². The van der Waals surface area contributed by atoms with Crippen LogP contribution in [0.2, 0.25) is 0 Å².